The molecule has 1 aliphatic heterocycles. The van der Waals surface area contributed by atoms with Crippen LogP contribution in [-0.2, 0) is 4.74 Å². The van der Waals surface area contributed by atoms with Crippen LogP contribution in [0.1, 0.15) is 40.1 Å². The average Bonchev–Trinajstić information content (AvgIpc) is 2.46. The maximum Gasteiger partial charge on any atom is 0.338 e. The number of carbonyl (C=O) groups excluding carboxylic acids is 1. The second-order valence-corrected chi connectivity index (χ2v) is 4.40. The van der Waals surface area contributed by atoms with Gasteiger partial charge in [-0.3, -0.25) is 9.78 Å². The Morgan fingerprint density at radius 2 is 2.32 bits per heavy atom. The van der Waals surface area contributed by atoms with Gasteiger partial charge in [0.1, 0.15) is 5.69 Å². The lowest BCUT2D eigenvalue weighted by molar-refractivity contribution is 0.0168. The number of carboxylic acid groups (broad SMARTS) is 1. The third-order valence-electron chi connectivity index (χ3n) is 3.02. The van der Waals surface area contributed by atoms with Crippen LogP contribution in [0, 0.1) is 0 Å². The van der Waals surface area contributed by atoms with Gasteiger partial charge in [-0.25, -0.2) is 4.79 Å². The minimum atomic E-state index is -1.16. The molecule has 1 aromatic rings. The predicted octanol–water partition coefficient (Wildman–Crippen LogP) is 1.08. The second kappa shape index (κ2) is 6.29. The molecule has 1 aromatic heterocycles. The zero-order chi connectivity index (χ0) is 13.7. The molecule has 1 saturated heterocycles. The molecule has 0 radical (unpaired) electrons. The summed E-state index contributed by atoms with van der Waals surface area (Å²) >= 11 is 0. The first-order valence-corrected chi connectivity index (χ1v) is 6.26. The standard InChI is InChI=1S/C13H16N2O4/c16-12(15-8-9-4-1-2-7-19-9)11-10(13(17)18)5-3-6-14-11/h3,5-6,9H,1-2,4,7-8H2,(H,15,16)(H,17,18). The fraction of sp³-hybridized carbons (Fsp3) is 0.462. The van der Waals surface area contributed by atoms with Crippen molar-refractivity contribution in [2.24, 2.45) is 0 Å². The molecule has 1 aliphatic rings. The number of pyridine rings is 1. The molecular weight excluding hydrogens is 248 g/mol. The number of amides is 1. The van der Waals surface area contributed by atoms with Crippen LogP contribution >= 0.6 is 0 Å². The van der Waals surface area contributed by atoms with Gasteiger partial charge in [-0.1, -0.05) is 0 Å². The van der Waals surface area contributed by atoms with E-state index in [-0.39, 0.29) is 17.4 Å². The van der Waals surface area contributed by atoms with E-state index in [1.54, 1.807) is 0 Å². The molecule has 1 atom stereocenters. The van der Waals surface area contributed by atoms with Crippen LogP contribution in [0.2, 0.25) is 0 Å². The summed E-state index contributed by atoms with van der Waals surface area (Å²) in [4.78, 5) is 26.7. The Labute approximate surface area is 110 Å². The highest BCUT2D eigenvalue weighted by Gasteiger charge is 2.19. The van der Waals surface area contributed by atoms with Gasteiger partial charge in [-0.2, -0.15) is 0 Å². The van der Waals surface area contributed by atoms with E-state index in [2.05, 4.69) is 10.3 Å². The number of carbonyl (C=O) groups is 2. The third-order valence-corrected chi connectivity index (χ3v) is 3.02. The topological polar surface area (TPSA) is 88.5 Å². The minimum absolute atomic E-state index is 0.00897. The number of aromatic nitrogens is 1. The number of carboxylic acids is 1. The van der Waals surface area contributed by atoms with Crippen LogP contribution < -0.4 is 5.32 Å². The lowest BCUT2D eigenvalue weighted by Gasteiger charge is -2.22. The van der Waals surface area contributed by atoms with Gasteiger partial charge in [0.15, 0.2) is 0 Å². The Kier molecular flexibility index (Phi) is 4.46. The van der Waals surface area contributed by atoms with Gasteiger partial charge in [0.25, 0.3) is 5.91 Å². The fourth-order valence-electron chi connectivity index (χ4n) is 2.02. The molecule has 2 rings (SSSR count). The number of hydrogen-bond acceptors (Lipinski definition) is 4. The van der Waals surface area contributed by atoms with Crippen molar-refractivity contribution in [1.29, 1.82) is 0 Å². The molecule has 0 bridgehead atoms. The molecule has 1 amide bonds. The van der Waals surface area contributed by atoms with Crippen molar-refractivity contribution < 1.29 is 19.4 Å². The molecule has 6 heteroatoms. The smallest absolute Gasteiger partial charge is 0.338 e. The van der Waals surface area contributed by atoms with E-state index in [9.17, 15) is 9.59 Å². The monoisotopic (exact) mass is 264 g/mol. The molecule has 2 heterocycles. The van der Waals surface area contributed by atoms with E-state index < -0.39 is 11.9 Å². The minimum Gasteiger partial charge on any atom is -0.478 e. The van der Waals surface area contributed by atoms with Crippen molar-refractivity contribution >= 4 is 11.9 Å². The van der Waals surface area contributed by atoms with Crippen molar-refractivity contribution in [2.75, 3.05) is 13.2 Å². The molecular formula is C13H16N2O4. The Morgan fingerprint density at radius 3 is 3.00 bits per heavy atom. The molecule has 0 spiro atoms. The Hall–Kier alpha value is -1.95. The van der Waals surface area contributed by atoms with E-state index in [1.165, 1.54) is 18.3 Å². The summed E-state index contributed by atoms with van der Waals surface area (Å²) < 4.78 is 5.49. The summed E-state index contributed by atoms with van der Waals surface area (Å²) in [6.07, 6.45) is 4.46. The summed E-state index contributed by atoms with van der Waals surface area (Å²) in [5.41, 5.74) is -0.157. The van der Waals surface area contributed by atoms with Gasteiger partial charge < -0.3 is 15.2 Å². The van der Waals surface area contributed by atoms with Crippen LogP contribution in [0.15, 0.2) is 18.3 Å². The molecule has 0 saturated carbocycles. The normalized spacial score (nSPS) is 18.8. The van der Waals surface area contributed by atoms with Gasteiger partial charge >= 0.3 is 5.97 Å². The fourth-order valence-corrected chi connectivity index (χ4v) is 2.02. The maximum atomic E-state index is 11.9. The summed E-state index contributed by atoms with van der Waals surface area (Å²) in [6, 6.07) is 2.85. The van der Waals surface area contributed by atoms with Crippen LogP contribution in [0.4, 0.5) is 0 Å². The molecule has 102 valence electrons. The van der Waals surface area contributed by atoms with Crippen molar-refractivity contribution in [3.8, 4) is 0 Å². The number of nitrogens with zero attached hydrogens (tertiary/aromatic N) is 1. The van der Waals surface area contributed by atoms with Gasteiger partial charge in [-0.05, 0) is 31.4 Å². The zero-order valence-corrected chi connectivity index (χ0v) is 10.5. The van der Waals surface area contributed by atoms with Crippen LogP contribution in [0.3, 0.4) is 0 Å². The summed E-state index contributed by atoms with van der Waals surface area (Å²) in [5.74, 6) is -1.64. The van der Waals surface area contributed by atoms with E-state index in [1.807, 2.05) is 0 Å². The highest BCUT2D eigenvalue weighted by atomic mass is 16.5. The molecule has 19 heavy (non-hydrogen) atoms. The quantitative estimate of drug-likeness (QED) is 0.849. The van der Waals surface area contributed by atoms with Crippen LogP contribution in [0.25, 0.3) is 0 Å². The van der Waals surface area contributed by atoms with Gasteiger partial charge in [0.05, 0.1) is 11.7 Å². The third kappa shape index (κ3) is 3.51. The maximum absolute atomic E-state index is 11.9. The van der Waals surface area contributed by atoms with Crippen molar-refractivity contribution in [3.05, 3.63) is 29.6 Å². The highest BCUT2D eigenvalue weighted by Crippen LogP contribution is 2.12. The van der Waals surface area contributed by atoms with Crippen molar-refractivity contribution in [3.63, 3.8) is 0 Å². The Balaban J connectivity index is 1.97. The average molecular weight is 264 g/mol. The van der Waals surface area contributed by atoms with E-state index in [4.69, 9.17) is 9.84 Å². The Bertz CT molecular complexity index is 469. The summed E-state index contributed by atoms with van der Waals surface area (Å²) in [6.45, 7) is 1.10. The molecule has 0 aliphatic carbocycles. The van der Waals surface area contributed by atoms with Gasteiger partial charge in [-0.15, -0.1) is 0 Å². The Morgan fingerprint density at radius 1 is 1.47 bits per heavy atom. The molecule has 6 nitrogen and oxygen atoms in total. The van der Waals surface area contributed by atoms with E-state index in [0.29, 0.717) is 13.2 Å². The predicted molar refractivity (Wildman–Crippen MR) is 67.1 cm³/mol. The highest BCUT2D eigenvalue weighted by molar-refractivity contribution is 6.03. The van der Waals surface area contributed by atoms with Crippen molar-refractivity contribution in [1.82, 2.24) is 10.3 Å². The van der Waals surface area contributed by atoms with Gasteiger partial charge in [0.2, 0.25) is 0 Å². The second-order valence-electron chi connectivity index (χ2n) is 4.40. The zero-order valence-electron chi connectivity index (χ0n) is 10.5. The first-order valence-electron chi connectivity index (χ1n) is 6.26. The SMILES string of the molecule is O=C(O)c1cccnc1C(=O)NCC1CCCCO1. The van der Waals surface area contributed by atoms with Gasteiger partial charge in [0, 0.05) is 19.3 Å². The number of aromatic carboxylic acids is 1. The van der Waals surface area contributed by atoms with E-state index in [0.717, 1.165) is 19.3 Å². The molecule has 0 aromatic carbocycles. The van der Waals surface area contributed by atoms with Crippen molar-refractivity contribution in [2.45, 2.75) is 25.4 Å². The lowest BCUT2D eigenvalue weighted by Crippen LogP contribution is -2.36. The number of nitrogens with one attached hydrogen (secondary N) is 1. The summed E-state index contributed by atoms with van der Waals surface area (Å²) in [7, 11) is 0. The number of hydrogen-bond donors (Lipinski definition) is 2. The molecule has 2 N–H and O–H groups in total. The first-order chi connectivity index (χ1) is 9.18. The largest absolute Gasteiger partial charge is 0.478 e. The number of rotatable bonds is 4. The summed E-state index contributed by atoms with van der Waals surface area (Å²) in [5, 5.41) is 11.7. The van der Waals surface area contributed by atoms with Crippen LogP contribution in [-0.4, -0.2) is 41.2 Å². The molecule has 1 fully saturated rings. The van der Waals surface area contributed by atoms with E-state index >= 15 is 0 Å². The lowest BCUT2D eigenvalue weighted by atomic mass is 10.1. The van der Waals surface area contributed by atoms with Crippen LogP contribution in [0.5, 0.6) is 0 Å². The first kappa shape index (κ1) is 13.5. The number of ether oxygens (including phenoxy) is 1. The molecule has 1 unspecified atom stereocenters.